The topological polar surface area (TPSA) is 124 Å². The van der Waals surface area contributed by atoms with Gasteiger partial charge in [0.1, 0.15) is 0 Å². The van der Waals surface area contributed by atoms with E-state index in [4.69, 9.17) is 16.3 Å². The van der Waals surface area contributed by atoms with Gasteiger partial charge < -0.3 is 15.4 Å². The van der Waals surface area contributed by atoms with E-state index in [9.17, 15) is 4.79 Å². The number of carbonyl (C=O) groups excluding carboxylic acids is 1. The Morgan fingerprint density at radius 1 is 1.17 bits per heavy atom. The maximum atomic E-state index is 12.6. The van der Waals surface area contributed by atoms with Gasteiger partial charge in [-0.2, -0.15) is 15.3 Å². The number of amides is 2. The van der Waals surface area contributed by atoms with Gasteiger partial charge in [-0.1, -0.05) is 11.6 Å². The minimum Gasteiger partial charge on any atom is -0.374 e. The molecule has 0 saturated heterocycles. The third kappa shape index (κ3) is 3.93. The van der Waals surface area contributed by atoms with E-state index in [2.05, 4.69) is 35.9 Å². The second kappa shape index (κ2) is 8.43. The van der Waals surface area contributed by atoms with Crippen LogP contribution in [0.1, 0.15) is 25.5 Å². The second-order valence-corrected chi connectivity index (χ2v) is 6.60. The highest BCUT2D eigenvalue weighted by atomic mass is 35.5. The zero-order chi connectivity index (χ0) is 21.1. The van der Waals surface area contributed by atoms with Gasteiger partial charge in [-0.05, 0) is 19.9 Å². The van der Waals surface area contributed by atoms with Crippen LogP contribution in [0.3, 0.4) is 0 Å². The van der Waals surface area contributed by atoms with Crippen LogP contribution in [-0.2, 0) is 4.74 Å². The van der Waals surface area contributed by atoms with Gasteiger partial charge in [-0.3, -0.25) is 0 Å². The maximum absolute atomic E-state index is 12.6. The van der Waals surface area contributed by atoms with Gasteiger partial charge in [0.25, 0.3) is 0 Å². The van der Waals surface area contributed by atoms with Crippen LogP contribution in [0.15, 0.2) is 43.2 Å². The van der Waals surface area contributed by atoms with Crippen LogP contribution in [0.5, 0.6) is 0 Å². The second-order valence-electron chi connectivity index (χ2n) is 6.19. The Bertz CT molecular complexity index is 1180. The molecule has 4 heterocycles. The minimum absolute atomic E-state index is 0.287. The Kier molecular flexibility index (Phi) is 5.55. The Labute approximate surface area is 176 Å². The molecule has 0 bridgehead atoms. The zero-order valence-electron chi connectivity index (χ0n) is 16.2. The molecule has 30 heavy (non-hydrogen) atoms. The van der Waals surface area contributed by atoms with E-state index in [-0.39, 0.29) is 11.1 Å². The van der Waals surface area contributed by atoms with Crippen molar-refractivity contribution in [3.05, 3.63) is 53.8 Å². The van der Waals surface area contributed by atoms with Gasteiger partial charge in [0.05, 0.1) is 52.9 Å². The first-order valence-electron chi connectivity index (χ1n) is 9.11. The first-order chi connectivity index (χ1) is 14.6. The van der Waals surface area contributed by atoms with Crippen molar-refractivity contribution in [2.45, 2.75) is 20.0 Å². The van der Waals surface area contributed by atoms with Gasteiger partial charge in [-0.25, -0.2) is 19.3 Å². The number of urea groups is 1. The molecule has 0 aromatic carbocycles. The number of fused-ring (bicyclic) bond motifs is 1. The van der Waals surface area contributed by atoms with Crippen LogP contribution in [0.4, 0.5) is 16.2 Å². The number of carbonyl (C=O) groups is 1. The third-order valence-corrected chi connectivity index (χ3v) is 4.50. The summed E-state index contributed by atoms with van der Waals surface area (Å²) in [6, 6.07) is 1.08. The van der Waals surface area contributed by atoms with Crippen LogP contribution in [0, 0.1) is 0 Å². The number of halogens is 1. The Morgan fingerprint density at radius 2 is 1.97 bits per heavy atom. The maximum Gasteiger partial charge on any atom is 0.323 e. The number of aromatic nitrogens is 7. The van der Waals surface area contributed by atoms with E-state index < -0.39 is 6.03 Å². The van der Waals surface area contributed by atoms with Crippen LogP contribution in [0.25, 0.3) is 11.5 Å². The number of hydrogen-bond acceptors (Lipinski definition) is 7. The molecule has 0 unspecified atom stereocenters. The Hall–Kier alpha value is -3.57. The quantitative estimate of drug-likeness (QED) is 0.484. The molecule has 0 fully saturated rings. The molecule has 0 radical (unpaired) electrons. The lowest BCUT2D eigenvalue weighted by Crippen LogP contribution is -2.22. The van der Waals surface area contributed by atoms with Crippen molar-refractivity contribution in [3.63, 3.8) is 0 Å². The molecule has 0 aliphatic carbocycles. The predicted octanol–water partition coefficient (Wildman–Crippen LogP) is 3.10. The average Bonchev–Trinajstić information content (AvgIpc) is 3.40. The molecule has 0 spiro atoms. The molecule has 2 amide bonds. The molecule has 11 nitrogen and oxygen atoms in total. The highest BCUT2D eigenvalue weighted by Gasteiger charge is 2.19. The fourth-order valence-corrected chi connectivity index (χ4v) is 3.22. The number of ether oxygens (including phenoxy) is 1. The predicted molar refractivity (Wildman–Crippen MR) is 110 cm³/mol. The molecule has 4 aromatic rings. The standard InChI is InChI=1S/C18H18ClN9O2/c1-3-30-11(2)15-14(10-24-27-7-6-20-17(15)27)26-18(29)25-12-8-13(19)16(21-9-12)28-22-4-5-23-28/h4-11H,3H2,1-2H3,(H2,25,26,29)/t11-/m0/s1. The molecule has 0 aliphatic heterocycles. The van der Waals surface area contributed by atoms with Gasteiger partial charge in [0.2, 0.25) is 0 Å². The van der Waals surface area contributed by atoms with Gasteiger partial charge in [-0.15, -0.1) is 4.80 Å². The van der Waals surface area contributed by atoms with Crippen molar-refractivity contribution in [1.29, 1.82) is 0 Å². The molecule has 0 aliphatic rings. The number of pyridine rings is 1. The molecular formula is C18H18ClN9O2. The first kappa shape index (κ1) is 19.7. The van der Waals surface area contributed by atoms with Crippen molar-refractivity contribution in [1.82, 2.24) is 34.6 Å². The Morgan fingerprint density at radius 3 is 2.70 bits per heavy atom. The molecular weight excluding hydrogens is 410 g/mol. The van der Waals surface area contributed by atoms with Crippen molar-refractivity contribution >= 4 is 34.7 Å². The minimum atomic E-state index is -0.486. The summed E-state index contributed by atoms with van der Waals surface area (Å²) in [5.74, 6) is 0.356. The smallest absolute Gasteiger partial charge is 0.323 e. The Balaban J connectivity index is 1.55. The number of rotatable bonds is 6. The van der Waals surface area contributed by atoms with Crippen LogP contribution < -0.4 is 10.6 Å². The van der Waals surface area contributed by atoms with Gasteiger partial charge in [0, 0.05) is 19.0 Å². The lowest BCUT2D eigenvalue weighted by molar-refractivity contribution is 0.0774. The van der Waals surface area contributed by atoms with E-state index >= 15 is 0 Å². The summed E-state index contributed by atoms with van der Waals surface area (Å²) in [6.07, 6.45) is 9.12. The van der Waals surface area contributed by atoms with E-state index in [0.29, 0.717) is 29.4 Å². The number of anilines is 2. The highest BCUT2D eigenvalue weighted by Crippen LogP contribution is 2.28. The largest absolute Gasteiger partial charge is 0.374 e. The summed E-state index contributed by atoms with van der Waals surface area (Å²) in [4.78, 5) is 22.4. The lowest BCUT2D eigenvalue weighted by Gasteiger charge is -2.17. The van der Waals surface area contributed by atoms with Crippen molar-refractivity contribution in [3.8, 4) is 5.82 Å². The normalized spacial score (nSPS) is 12.1. The number of nitrogens with zero attached hydrogens (tertiary/aromatic N) is 7. The zero-order valence-corrected chi connectivity index (χ0v) is 16.9. The molecule has 4 aromatic heterocycles. The van der Waals surface area contributed by atoms with Crippen molar-refractivity contribution in [2.75, 3.05) is 17.2 Å². The summed E-state index contributed by atoms with van der Waals surface area (Å²) in [6.45, 7) is 4.31. The van der Waals surface area contributed by atoms with Gasteiger partial charge in [0.15, 0.2) is 11.5 Å². The molecule has 2 N–H and O–H groups in total. The van der Waals surface area contributed by atoms with E-state index in [1.807, 2.05) is 13.8 Å². The van der Waals surface area contributed by atoms with Crippen LogP contribution >= 0.6 is 11.6 Å². The van der Waals surface area contributed by atoms with Crippen molar-refractivity contribution < 1.29 is 9.53 Å². The molecule has 1 atom stereocenters. The first-order valence-corrected chi connectivity index (χ1v) is 9.48. The summed E-state index contributed by atoms with van der Waals surface area (Å²) in [5.41, 5.74) is 2.23. The van der Waals surface area contributed by atoms with E-state index in [1.165, 1.54) is 23.4 Å². The summed E-state index contributed by atoms with van der Waals surface area (Å²) in [7, 11) is 0. The molecule has 0 saturated carbocycles. The van der Waals surface area contributed by atoms with Crippen LogP contribution in [0.2, 0.25) is 5.02 Å². The summed E-state index contributed by atoms with van der Waals surface area (Å²) in [5, 5.41) is 18.0. The molecule has 12 heteroatoms. The fraction of sp³-hybridized carbons (Fsp3) is 0.222. The monoisotopic (exact) mass is 427 g/mol. The van der Waals surface area contributed by atoms with Crippen LogP contribution in [-0.4, -0.2) is 47.2 Å². The van der Waals surface area contributed by atoms with Crippen molar-refractivity contribution in [2.24, 2.45) is 0 Å². The van der Waals surface area contributed by atoms with E-state index in [1.54, 1.807) is 29.2 Å². The third-order valence-electron chi connectivity index (χ3n) is 4.22. The fourth-order valence-electron chi connectivity index (χ4n) is 2.98. The number of hydrogen-bond donors (Lipinski definition) is 2. The highest BCUT2D eigenvalue weighted by molar-refractivity contribution is 6.32. The summed E-state index contributed by atoms with van der Waals surface area (Å²) < 4.78 is 7.34. The molecule has 4 rings (SSSR count). The SMILES string of the molecule is CCO[C@@H](C)c1c(NC(=O)Nc2cnc(-n3nccn3)c(Cl)c2)cnn2ccnc12. The van der Waals surface area contributed by atoms with Gasteiger partial charge >= 0.3 is 6.03 Å². The number of nitrogens with one attached hydrogen (secondary N) is 2. The number of imidazole rings is 1. The summed E-state index contributed by atoms with van der Waals surface area (Å²) >= 11 is 6.25. The average molecular weight is 428 g/mol. The lowest BCUT2D eigenvalue weighted by atomic mass is 10.1. The molecule has 154 valence electrons. The van der Waals surface area contributed by atoms with E-state index in [0.717, 1.165) is 5.56 Å².